The second-order valence-corrected chi connectivity index (χ2v) is 15.2. The monoisotopic (exact) mass is 781 g/mol. The zero-order chi connectivity index (χ0) is 38.9. The van der Waals surface area contributed by atoms with Crippen molar-refractivity contribution in [1.29, 1.82) is 0 Å². The maximum Gasteiger partial charge on any atom is 0.364 e. The van der Waals surface area contributed by atoms with Crippen LogP contribution in [0.15, 0.2) is 0 Å². The molecule has 4 rings (SSSR count). The zero-order valence-electron chi connectivity index (χ0n) is 29.6. The summed E-state index contributed by atoms with van der Waals surface area (Å²) in [4.78, 5) is 48.1. The fourth-order valence-electron chi connectivity index (χ4n) is 6.90. The Balaban J connectivity index is 1.20. The molecule has 4 aliphatic rings. The van der Waals surface area contributed by atoms with E-state index in [1.165, 1.54) is 6.92 Å². The number of nitrogens with two attached hydrogens (primary N) is 1. The largest absolute Gasteiger partial charge is 0.477 e. The summed E-state index contributed by atoms with van der Waals surface area (Å²) in [5, 5.41) is 83.4. The summed E-state index contributed by atoms with van der Waals surface area (Å²) in [6.07, 6.45) is -9.00. The number of carboxylic acids is 1. The Morgan fingerprint density at radius 1 is 1.09 bits per heavy atom. The number of aliphatic hydroxyl groups excluding tert-OH is 6. The van der Waals surface area contributed by atoms with E-state index in [9.17, 15) is 54.9 Å². The molecule has 0 aromatic carbocycles. The Morgan fingerprint density at radius 3 is 2.55 bits per heavy atom. The number of hydrogen-bond acceptors (Lipinski definition) is 16. The van der Waals surface area contributed by atoms with Crippen molar-refractivity contribution in [2.24, 2.45) is 5.73 Å². The number of rotatable bonds is 20. The fourth-order valence-corrected chi connectivity index (χ4v) is 8.45. The highest BCUT2D eigenvalue weighted by molar-refractivity contribution is 8.00. The van der Waals surface area contributed by atoms with Gasteiger partial charge in [0.05, 0.1) is 37.4 Å². The number of nitrogens with one attached hydrogen (secondary N) is 4. The number of aliphatic hydroxyl groups is 6. The van der Waals surface area contributed by atoms with E-state index in [4.69, 9.17) is 24.7 Å². The molecule has 0 saturated carbocycles. The lowest BCUT2D eigenvalue weighted by molar-refractivity contribution is -0.329. The smallest absolute Gasteiger partial charge is 0.364 e. The topological polar surface area (TPSA) is 321 Å². The van der Waals surface area contributed by atoms with Gasteiger partial charge in [-0.05, 0) is 32.1 Å². The molecule has 53 heavy (non-hydrogen) atoms. The normalized spacial score (nSPS) is 36.5. The molecule has 4 heterocycles. The van der Waals surface area contributed by atoms with Gasteiger partial charge in [-0.25, -0.2) is 9.59 Å². The minimum Gasteiger partial charge on any atom is -0.477 e. The number of carboxylic acid groups (broad SMARTS) is 1. The molecule has 0 aromatic rings. The molecule has 14 atom stereocenters. The third-order valence-electron chi connectivity index (χ3n) is 9.93. The van der Waals surface area contributed by atoms with Crippen molar-refractivity contribution in [3.05, 3.63) is 0 Å². The molecule has 13 N–H and O–H groups in total. The van der Waals surface area contributed by atoms with Crippen molar-refractivity contribution in [3.63, 3.8) is 0 Å². The molecule has 0 spiro atoms. The molecule has 0 radical (unpaired) electrons. The van der Waals surface area contributed by atoms with Crippen LogP contribution >= 0.6 is 11.8 Å². The minimum absolute atomic E-state index is 0.0429. The van der Waals surface area contributed by atoms with E-state index < -0.39 is 98.4 Å². The SMILES string of the molecule is CC(=O)N[C@H]1[C@H](OCCCCCNC(=O)CCCC[C@@H]2SC[C@@H]3NC(=O)N[C@@H]32)O[C@H](CO[C@]2(C(=O)O)C[C@H](O)[C@@H](N)[C@H]([C@H](O)[C@H](O)CO)O2)[C@@H](O)[C@@H]1O. The van der Waals surface area contributed by atoms with Gasteiger partial charge in [-0.3, -0.25) is 9.59 Å². The molecule has 4 saturated heterocycles. The van der Waals surface area contributed by atoms with Crippen molar-refractivity contribution in [2.75, 3.05) is 32.1 Å². The first-order chi connectivity index (χ1) is 25.2. The van der Waals surface area contributed by atoms with E-state index in [2.05, 4.69) is 21.3 Å². The lowest BCUT2D eigenvalue weighted by atomic mass is 9.89. The third-order valence-corrected chi connectivity index (χ3v) is 11.4. The van der Waals surface area contributed by atoms with Crippen LogP contribution in [0.3, 0.4) is 0 Å². The Kier molecular flexibility index (Phi) is 16.3. The first kappa shape index (κ1) is 43.3. The van der Waals surface area contributed by atoms with E-state index in [1.807, 2.05) is 11.8 Å². The molecule has 4 fully saturated rings. The Bertz CT molecular complexity index is 1240. The van der Waals surface area contributed by atoms with Crippen LogP contribution in [0.4, 0.5) is 4.79 Å². The Morgan fingerprint density at radius 2 is 1.85 bits per heavy atom. The highest BCUT2D eigenvalue weighted by Crippen LogP contribution is 2.35. The van der Waals surface area contributed by atoms with Crippen LogP contribution in [-0.4, -0.2) is 176 Å². The molecule has 0 aliphatic carbocycles. The first-order valence-electron chi connectivity index (χ1n) is 18.0. The van der Waals surface area contributed by atoms with Gasteiger partial charge in [0.25, 0.3) is 5.79 Å². The van der Waals surface area contributed by atoms with Gasteiger partial charge in [0.15, 0.2) is 6.29 Å². The molecular formula is C32H55N5O15S. The van der Waals surface area contributed by atoms with Gasteiger partial charge in [-0.15, -0.1) is 0 Å². The number of thioether (sulfide) groups is 1. The second-order valence-electron chi connectivity index (χ2n) is 13.9. The van der Waals surface area contributed by atoms with E-state index in [0.29, 0.717) is 37.5 Å². The maximum absolute atomic E-state index is 12.4. The Hall–Kier alpha value is -2.41. The molecule has 20 nitrogen and oxygen atoms in total. The number of amides is 4. The van der Waals surface area contributed by atoms with Gasteiger partial charge in [-0.2, -0.15) is 11.8 Å². The van der Waals surface area contributed by atoms with Gasteiger partial charge >= 0.3 is 12.0 Å². The number of urea groups is 1. The van der Waals surface area contributed by atoms with Gasteiger partial charge in [-0.1, -0.05) is 6.42 Å². The summed E-state index contributed by atoms with van der Waals surface area (Å²) < 4.78 is 22.7. The summed E-state index contributed by atoms with van der Waals surface area (Å²) in [7, 11) is 0. The van der Waals surface area contributed by atoms with E-state index in [1.54, 1.807) is 0 Å². The van der Waals surface area contributed by atoms with Crippen LogP contribution in [0.2, 0.25) is 0 Å². The standard InChI is InChI=1S/C32H55N5O15S/c1-15(39)35-24-27(45)26(44)19(13-50-32(30(46)47)11-17(40)22(33)28(52-32)25(43)18(41)12-38)51-29(24)49-10-6-2-5-9-34-21(42)8-4-3-7-20-23-16(14-53-20)36-31(48)37-23/h16-20,22-29,38,40-41,43-45H,2-14,33H2,1H3,(H,34,42)(H,35,39)(H,46,47)(H2,36,37,48)/t16-,17-,18+,19+,20-,22+,23-,24+,25+,26+,27+,28+,29+,32+/m0/s1. The summed E-state index contributed by atoms with van der Waals surface area (Å²) in [5.41, 5.74) is 5.89. The zero-order valence-corrected chi connectivity index (χ0v) is 30.4. The average Bonchev–Trinajstić information content (AvgIpc) is 3.67. The molecule has 4 amide bonds. The average molecular weight is 782 g/mol. The van der Waals surface area contributed by atoms with Crippen molar-refractivity contribution < 1.29 is 73.9 Å². The molecule has 0 unspecified atom stereocenters. The number of carbonyl (C=O) groups excluding carboxylic acids is 3. The van der Waals surface area contributed by atoms with Crippen LogP contribution in [0.25, 0.3) is 0 Å². The van der Waals surface area contributed by atoms with E-state index in [-0.39, 0.29) is 30.6 Å². The molecule has 0 aromatic heterocycles. The van der Waals surface area contributed by atoms with Crippen molar-refractivity contribution >= 4 is 35.6 Å². The van der Waals surface area contributed by atoms with Crippen molar-refractivity contribution in [1.82, 2.24) is 21.3 Å². The quantitative estimate of drug-likeness (QED) is 0.0413. The molecule has 4 aliphatic heterocycles. The fraction of sp³-hybridized carbons (Fsp3) is 0.875. The summed E-state index contributed by atoms with van der Waals surface area (Å²) in [6.45, 7) is 0.105. The van der Waals surface area contributed by atoms with Crippen molar-refractivity contribution in [2.45, 2.75) is 143 Å². The molecule has 0 bridgehead atoms. The van der Waals surface area contributed by atoms with E-state index in [0.717, 1.165) is 25.0 Å². The predicted octanol–water partition coefficient (Wildman–Crippen LogP) is -4.04. The lowest BCUT2D eigenvalue weighted by Crippen LogP contribution is -2.68. The number of hydrogen-bond donors (Lipinski definition) is 12. The molecule has 304 valence electrons. The lowest BCUT2D eigenvalue weighted by Gasteiger charge is -2.47. The van der Waals surface area contributed by atoms with Gasteiger partial charge < -0.3 is 81.7 Å². The number of ether oxygens (including phenoxy) is 4. The van der Waals surface area contributed by atoms with Gasteiger partial charge in [0.1, 0.15) is 42.7 Å². The van der Waals surface area contributed by atoms with E-state index >= 15 is 0 Å². The van der Waals surface area contributed by atoms with Crippen LogP contribution in [0.1, 0.15) is 58.3 Å². The summed E-state index contributed by atoms with van der Waals surface area (Å²) >= 11 is 1.84. The van der Waals surface area contributed by atoms with Gasteiger partial charge in [0, 0.05) is 43.9 Å². The highest BCUT2D eigenvalue weighted by atomic mass is 32.2. The highest BCUT2D eigenvalue weighted by Gasteiger charge is 2.56. The van der Waals surface area contributed by atoms with Crippen LogP contribution in [0, 0.1) is 0 Å². The minimum atomic E-state index is -2.64. The number of carbonyl (C=O) groups is 4. The van der Waals surface area contributed by atoms with Crippen LogP contribution < -0.4 is 27.0 Å². The number of fused-ring (bicyclic) bond motifs is 1. The number of aliphatic carboxylic acids is 1. The first-order valence-corrected chi connectivity index (χ1v) is 19.0. The third kappa shape index (κ3) is 11.3. The van der Waals surface area contributed by atoms with Crippen LogP contribution in [-0.2, 0) is 33.3 Å². The van der Waals surface area contributed by atoms with Gasteiger partial charge in [0.2, 0.25) is 11.8 Å². The number of unbranched alkanes of at least 4 members (excludes halogenated alkanes) is 3. The van der Waals surface area contributed by atoms with Crippen molar-refractivity contribution in [3.8, 4) is 0 Å². The second kappa shape index (κ2) is 20.0. The van der Waals surface area contributed by atoms with Crippen LogP contribution in [0.5, 0.6) is 0 Å². The Labute approximate surface area is 310 Å². The predicted molar refractivity (Wildman–Crippen MR) is 184 cm³/mol. The maximum atomic E-state index is 12.4. The summed E-state index contributed by atoms with van der Waals surface area (Å²) in [5.74, 6) is -4.07. The summed E-state index contributed by atoms with van der Waals surface area (Å²) in [6, 6.07) is -2.37. The molecular weight excluding hydrogens is 726 g/mol. The molecule has 21 heteroatoms.